The average molecular weight is 376 g/mol. The van der Waals surface area contributed by atoms with Crippen LogP contribution in [0.25, 0.3) is 10.9 Å². The summed E-state index contributed by atoms with van der Waals surface area (Å²) in [6.07, 6.45) is -0.770. The van der Waals surface area contributed by atoms with E-state index in [1.54, 1.807) is 35.8 Å². The quantitative estimate of drug-likeness (QED) is 0.479. The summed E-state index contributed by atoms with van der Waals surface area (Å²) in [5, 5.41) is 18.8. The number of aromatic nitrogens is 1. The Morgan fingerprint density at radius 1 is 1.19 bits per heavy atom. The molecule has 8 heteroatoms. The molecule has 1 atom stereocenters. The van der Waals surface area contributed by atoms with E-state index in [1.165, 1.54) is 12.1 Å². The van der Waals surface area contributed by atoms with Crippen LogP contribution in [0, 0.1) is 5.82 Å². The van der Waals surface area contributed by atoms with Gasteiger partial charge in [0.2, 0.25) is 0 Å². The van der Waals surface area contributed by atoms with E-state index in [1.807, 2.05) is 4.57 Å². The van der Waals surface area contributed by atoms with E-state index in [-0.39, 0.29) is 10.6 Å². The number of rotatable bonds is 4. The molecule has 0 aliphatic carbocycles. The van der Waals surface area contributed by atoms with Crippen molar-refractivity contribution in [3.63, 3.8) is 0 Å². The van der Waals surface area contributed by atoms with E-state index in [0.29, 0.717) is 35.1 Å². The maximum atomic E-state index is 13.7. The first-order valence-electron chi connectivity index (χ1n) is 8.10. The fourth-order valence-electron chi connectivity index (χ4n) is 3.52. The fraction of sp³-hybridized carbons (Fsp3) is 0.222. The lowest BCUT2D eigenvalue weighted by Crippen LogP contribution is -2.15. The van der Waals surface area contributed by atoms with Gasteiger partial charge < -0.3 is 14.9 Å². The zero-order valence-electron chi connectivity index (χ0n) is 13.7. The van der Waals surface area contributed by atoms with Crippen LogP contribution in [-0.2, 0) is 22.8 Å². The van der Waals surface area contributed by atoms with Gasteiger partial charge in [-0.1, -0.05) is 24.3 Å². The van der Waals surface area contributed by atoms with Crippen molar-refractivity contribution < 1.29 is 23.1 Å². The Labute approximate surface area is 149 Å². The highest BCUT2D eigenvalue weighted by molar-refractivity contribution is 7.92. The van der Waals surface area contributed by atoms with Crippen molar-refractivity contribution >= 4 is 20.7 Å². The van der Waals surface area contributed by atoms with Crippen LogP contribution in [0.3, 0.4) is 0 Å². The molecule has 0 amide bonds. The van der Waals surface area contributed by atoms with Crippen molar-refractivity contribution in [2.75, 3.05) is 5.75 Å². The zero-order chi connectivity index (χ0) is 18.5. The van der Waals surface area contributed by atoms with Gasteiger partial charge in [0.15, 0.2) is 16.1 Å². The van der Waals surface area contributed by atoms with Gasteiger partial charge in [-0.15, -0.1) is 0 Å². The highest BCUT2D eigenvalue weighted by Gasteiger charge is 2.33. The van der Waals surface area contributed by atoms with E-state index < -0.39 is 21.9 Å². The van der Waals surface area contributed by atoms with Gasteiger partial charge in [-0.25, -0.2) is 12.8 Å². The second-order valence-corrected chi connectivity index (χ2v) is 8.41. The lowest BCUT2D eigenvalue weighted by atomic mass is 10.1. The Hall–Kier alpha value is -2.26. The van der Waals surface area contributed by atoms with E-state index in [0.717, 1.165) is 5.56 Å². The summed E-state index contributed by atoms with van der Waals surface area (Å²) in [4.78, 5) is 0.239. The largest absolute Gasteiger partial charge is 0.372 e. The first kappa shape index (κ1) is 17.2. The van der Waals surface area contributed by atoms with Crippen molar-refractivity contribution in [1.29, 1.82) is 0 Å². The van der Waals surface area contributed by atoms with Gasteiger partial charge in [0, 0.05) is 24.0 Å². The van der Waals surface area contributed by atoms with Crippen LogP contribution >= 0.6 is 0 Å². The molecule has 0 saturated heterocycles. The molecule has 1 unspecified atom stereocenters. The summed E-state index contributed by atoms with van der Waals surface area (Å²) in [7, 11) is -3.40. The SMILES string of the molecule is O=S1(=O)CCc2c1c1cc(F)ccc1n2Cc1ccc(C(O)NO)cc1. The minimum atomic E-state index is -3.40. The van der Waals surface area contributed by atoms with E-state index in [4.69, 9.17) is 5.21 Å². The van der Waals surface area contributed by atoms with Crippen molar-refractivity contribution in [3.05, 3.63) is 65.1 Å². The van der Waals surface area contributed by atoms with Gasteiger partial charge in [-0.3, -0.25) is 0 Å². The molecule has 0 saturated carbocycles. The van der Waals surface area contributed by atoms with Crippen LogP contribution in [0.15, 0.2) is 47.4 Å². The van der Waals surface area contributed by atoms with Gasteiger partial charge in [0.25, 0.3) is 0 Å². The molecular weight excluding hydrogens is 359 g/mol. The Balaban J connectivity index is 1.81. The Bertz CT molecular complexity index is 1090. The Kier molecular flexibility index (Phi) is 4.07. The molecular formula is C18H17FN2O4S. The molecule has 0 bridgehead atoms. The van der Waals surface area contributed by atoms with Gasteiger partial charge in [0.1, 0.15) is 5.82 Å². The Morgan fingerprint density at radius 2 is 1.92 bits per heavy atom. The topological polar surface area (TPSA) is 91.6 Å². The van der Waals surface area contributed by atoms with E-state index in [2.05, 4.69) is 0 Å². The molecule has 1 aliphatic rings. The molecule has 136 valence electrons. The van der Waals surface area contributed by atoms with Crippen LogP contribution in [-0.4, -0.2) is 29.1 Å². The smallest absolute Gasteiger partial charge is 0.181 e. The molecule has 26 heavy (non-hydrogen) atoms. The molecule has 2 aromatic carbocycles. The molecule has 3 N–H and O–H groups in total. The molecule has 0 spiro atoms. The van der Waals surface area contributed by atoms with Crippen LogP contribution in [0.1, 0.15) is 23.0 Å². The third-order valence-corrected chi connectivity index (χ3v) is 6.58. The summed E-state index contributed by atoms with van der Waals surface area (Å²) in [6, 6.07) is 11.1. The number of hydrogen-bond donors (Lipinski definition) is 3. The summed E-state index contributed by atoms with van der Waals surface area (Å²) in [5.74, 6) is -0.424. The number of nitrogens with one attached hydrogen (secondary N) is 1. The Morgan fingerprint density at radius 3 is 2.62 bits per heavy atom. The predicted molar refractivity (Wildman–Crippen MR) is 93.1 cm³/mol. The van der Waals surface area contributed by atoms with Crippen molar-refractivity contribution in [1.82, 2.24) is 10.0 Å². The van der Waals surface area contributed by atoms with Gasteiger partial charge in [-0.05, 0) is 29.3 Å². The molecule has 6 nitrogen and oxygen atoms in total. The molecule has 4 rings (SSSR count). The third kappa shape index (κ3) is 2.71. The monoisotopic (exact) mass is 376 g/mol. The van der Waals surface area contributed by atoms with Crippen molar-refractivity contribution in [3.8, 4) is 0 Å². The van der Waals surface area contributed by atoms with Gasteiger partial charge in [0.05, 0.1) is 16.2 Å². The number of sulfone groups is 1. The molecule has 3 aromatic rings. The number of hydroxylamine groups is 1. The second-order valence-electron chi connectivity index (χ2n) is 6.37. The number of halogens is 1. The van der Waals surface area contributed by atoms with Crippen molar-refractivity contribution in [2.45, 2.75) is 24.1 Å². The summed E-state index contributed by atoms with van der Waals surface area (Å²) >= 11 is 0. The third-order valence-electron chi connectivity index (χ3n) is 4.76. The number of hydrogen-bond acceptors (Lipinski definition) is 5. The van der Waals surface area contributed by atoms with E-state index >= 15 is 0 Å². The van der Waals surface area contributed by atoms with Crippen molar-refractivity contribution in [2.24, 2.45) is 0 Å². The molecule has 1 aromatic heterocycles. The van der Waals surface area contributed by atoms with Crippen LogP contribution in [0.2, 0.25) is 0 Å². The zero-order valence-corrected chi connectivity index (χ0v) is 14.5. The first-order chi connectivity index (χ1) is 12.4. The summed E-state index contributed by atoms with van der Waals surface area (Å²) < 4.78 is 40.4. The second kappa shape index (κ2) is 6.17. The number of aliphatic hydroxyl groups excluding tert-OH is 1. The summed E-state index contributed by atoms with van der Waals surface area (Å²) in [6.45, 7) is 0.427. The lowest BCUT2D eigenvalue weighted by Gasteiger charge is -2.12. The fourth-order valence-corrected chi connectivity index (χ4v) is 5.26. The first-order valence-corrected chi connectivity index (χ1v) is 9.76. The maximum absolute atomic E-state index is 13.7. The highest BCUT2D eigenvalue weighted by Crippen LogP contribution is 2.37. The van der Waals surface area contributed by atoms with Crippen LogP contribution < -0.4 is 5.48 Å². The molecule has 0 fully saturated rings. The number of benzene rings is 2. The predicted octanol–water partition coefficient (Wildman–Crippen LogP) is 2.13. The minimum Gasteiger partial charge on any atom is -0.372 e. The number of fused-ring (bicyclic) bond motifs is 3. The molecule has 0 radical (unpaired) electrons. The van der Waals surface area contributed by atoms with Gasteiger partial charge >= 0.3 is 0 Å². The van der Waals surface area contributed by atoms with Gasteiger partial charge in [-0.2, -0.15) is 5.48 Å². The highest BCUT2D eigenvalue weighted by atomic mass is 32.2. The standard InChI is InChI=1S/C18H17FN2O4S/c19-13-5-6-15-14(9-13)17-16(7-8-26(17,24)25)21(15)10-11-1-3-12(4-2-11)18(22)20-23/h1-6,9,18,20,22-23H,7-8,10H2. The normalized spacial score (nSPS) is 16.7. The molecule has 2 heterocycles. The van der Waals surface area contributed by atoms with E-state index in [9.17, 15) is 17.9 Å². The maximum Gasteiger partial charge on any atom is 0.181 e. The molecule has 1 aliphatic heterocycles. The summed E-state index contributed by atoms with van der Waals surface area (Å²) in [5.41, 5.74) is 4.55. The van der Waals surface area contributed by atoms with Crippen LogP contribution in [0.4, 0.5) is 4.39 Å². The lowest BCUT2D eigenvalue weighted by molar-refractivity contribution is 0.000692. The number of nitrogens with zero attached hydrogens (tertiary/aromatic N) is 1. The average Bonchev–Trinajstić information content (AvgIpc) is 3.10. The number of aliphatic hydroxyl groups is 1. The van der Waals surface area contributed by atoms with Crippen LogP contribution in [0.5, 0.6) is 0 Å². The minimum absolute atomic E-state index is 0.0391.